The predicted molar refractivity (Wildman–Crippen MR) is 83.4 cm³/mol. The summed E-state index contributed by atoms with van der Waals surface area (Å²) < 4.78 is 42.1. The Morgan fingerprint density at radius 3 is 2.22 bits per heavy atom. The van der Waals surface area contributed by atoms with Gasteiger partial charge >= 0.3 is 11.5 Å². The number of ether oxygens (including phenoxy) is 1. The van der Waals surface area contributed by atoms with Crippen LogP contribution >= 0.6 is 11.8 Å². The summed E-state index contributed by atoms with van der Waals surface area (Å²) in [6.07, 6.45) is -0.264. The number of alkyl halides is 3. The van der Waals surface area contributed by atoms with Crippen molar-refractivity contribution >= 4 is 23.4 Å². The number of esters is 1. The average molecular weight is 348 g/mol. The highest BCUT2D eigenvalue weighted by Crippen LogP contribution is 2.37. The number of halogens is 3. The zero-order chi connectivity index (χ0) is 17.0. The van der Waals surface area contributed by atoms with Gasteiger partial charge in [0.05, 0.1) is 0 Å². The lowest BCUT2D eigenvalue weighted by molar-refractivity contribution is -0.155. The van der Waals surface area contributed by atoms with Crippen molar-refractivity contribution in [1.82, 2.24) is 4.90 Å². The quantitative estimate of drug-likeness (QED) is 0.616. The normalized spacial score (nSPS) is 17.9. The van der Waals surface area contributed by atoms with E-state index in [9.17, 15) is 18.0 Å². The van der Waals surface area contributed by atoms with Crippen LogP contribution in [0.4, 0.5) is 18.9 Å². The minimum Gasteiger partial charge on any atom is -0.447 e. The molecule has 1 atom stereocenters. The average Bonchev–Trinajstić information content (AvgIpc) is 2.46. The summed E-state index contributed by atoms with van der Waals surface area (Å²) in [5, 5.41) is 0. The minimum absolute atomic E-state index is 0.109. The molecule has 8 heteroatoms. The van der Waals surface area contributed by atoms with Gasteiger partial charge in [-0.25, -0.2) is 0 Å². The van der Waals surface area contributed by atoms with Crippen LogP contribution < -0.4 is 4.90 Å². The van der Waals surface area contributed by atoms with Crippen LogP contribution in [0.2, 0.25) is 0 Å². The van der Waals surface area contributed by atoms with Crippen LogP contribution in [0.25, 0.3) is 0 Å². The first kappa shape index (κ1) is 17.9. The third-order valence-electron chi connectivity index (χ3n) is 3.60. The Hall–Kier alpha value is -1.41. The molecule has 0 N–H and O–H groups in total. The molecule has 1 aliphatic heterocycles. The monoisotopic (exact) mass is 348 g/mol. The summed E-state index contributed by atoms with van der Waals surface area (Å²) in [6, 6.07) is 6.39. The Balaban J connectivity index is 1.89. The number of nitrogens with zero attached hydrogens (tertiary/aromatic N) is 2. The van der Waals surface area contributed by atoms with Gasteiger partial charge < -0.3 is 9.64 Å². The topological polar surface area (TPSA) is 32.8 Å². The van der Waals surface area contributed by atoms with Gasteiger partial charge in [0.1, 0.15) is 0 Å². The Morgan fingerprint density at radius 1 is 1.17 bits per heavy atom. The summed E-state index contributed by atoms with van der Waals surface area (Å²) in [4.78, 5) is 15.3. The van der Waals surface area contributed by atoms with E-state index in [0.717, 1.165) is 31.9 Å². The molecule has 0 saturated carbocycles. The molecule has 1 aromatic rings. The van der Waals surface area contributed by atoms with Gasteiger partial charge in [-0.05, 0) is 43.0 Å². The molecule has 1 fully saturated rings. The van der Waals surface area contributed by atoms with E-state index in [1.165, 1.54) is 19.1 Å². The van der Waals surface area contributed by atoms with Crippen molar-refractivity contribution in [2.75, 3.05) is 31.1 Å². The molecule has 1 aromatic carbocycles. The molecule has 0 aromatic heterocycles. The summed E-state index contributed by atoms with van der Waals surface area (Å²) in [5.41, 5.74) is -3.36. The second-order valence-corrected chi connectivity index (χ2v) is 6.41. The summed E-state index contributed by atoms with van der Waals surface area (Å²) in [5.74, 6) is -0.308. The standard InChI is InChI=1S/C15H19F3N2O2S/c1-11(22-12(2)21)19-7-9-20(10-8-19)13-3-5-14(6-4-13)23-15(16,17)18/h3-6,11H,7-10H2,1-2H3. The van der Waals surface area contributed by atoms with Crippen molar-refractivity contribution in [3.05, 3.63) is 24.3 Å². The summed E-state index contributed by atoms with van der Waals surface area (Å²) in [6.45, 7) is 6.14. The maximum Gasteiger partial charge on any atom is 0.446 e. The molecule has 0 bridgehead atoms. The Labute approximate surface area is 137 Å². The number of benzene rings is 1. The molecule has 128 valence electrons. The Morgan fingerprint density at radius 2 is 1.74 bits per heavy atom. The van der Waals surface area contributed by atoms with Gasteiger partial charge in [-0.2, -0.15) is 13.2 Å². The highest BCUT2D eigenvalue weighted by molar-refractivity contribution is 8.00. The molecular weight excluding hydrogens is 329 g/mol. The lowest BCUT2D eigenvalue weighted by Crippen LogP contribution is -2.50. The predicted octanol–water partition coefficient (Wildman–Crippen LogP) is 3.33. The van der Waals surface area contributed by atoms with E-state index >= 15 is 0 Å². The molecule has 0 radical (unpaired) electrons. The second kappa shape index (κ2) is 7.44. The molecule has 1 heterocycles. The largest absolute Gasteiger partial charge is 0.447 e. The van der Waals surface area contributed by atoms with Crippen molar-refractivity contribution in [2.45, 2.75) is 30.5 Å². The van der Waals surface area contributed by atoms with Gasteiger partial charge in [-0.15, -0.1) is 0 Å². The van der Waals surface area contributed by atoms with E-state index in [4.69, 9.17) is 4.74 Å². The molecule has 23 heavy (non-hydrogen) atoms. The SMILES string of the molecule is CC(=O)OC(C)N1CCN(c2ccc(SC(F)(F)F)cc2)CC1. The number of carbonyl (C=O) groups excluding carboxylic acids is 1. The van der Waals surface area contributed by atoms with Crippen molar-refractivity contribution in [1.29, 1.82) is 0 Å². The molecule has 1 aliphatic rings. The fourth-order valence-corrected chi connectivity index (χ4v) is 3.06. The van der Waals surface area contributed by atoms with Crippen LogP contribution in [0.15, 0.2) is 29.2 Å². The molecule has 0 aliphatic carbocycles. The molecule has 0 spiro atoms. The number of anilines is 1. The fraction of sp³-hybridized carbons (Fsp3) is 0.533. The van der Waals surface area contributed by atoms with Gasteiger partial charge in [0, 0.05) is 43.7 Å². The number of hydrogen-bond acceptors (Lipinski definition) is 5. The van der Waals surface area contributed by atoms with Crippen LogP contribution in [-0.4, -0.2) is 48.8 Å². The second-order valence-electron chi connectivity index (χ2n) is 5.27. The number of piperazine rings is 1. The van der Waals surface area contributed by atoms with Gasteiger partial charge in [0.15, 0.2) is 6.23 Å². The van der Waals surface area contributed by atoms with Gasteiger partial charge in [-0.3, -0.25) is 9.69 Å². The molecule has 4 nitrogen and oxygen atoms in total. The van der Waals surface area contributed by atoms with Gasteiger partial charge in [0.25, 0.3) is 0 Å². The van der Waals surface area contributed by atoms with E-state index < -0.39 is 5.51 Å². The molecule has 1 unspecified atom stereocenters. The van der Waals surface area contributed by atoms with Crippen molar-refractivity contribution in [3.63, 3.8) is 0 Å². The first-order chi connectivity index (χ1) is 10.7. The van der Waals surface area contributed by atoms with E-state index in [0.29, 0.717) is 0 Å². The highest BCUT2D eigenvalue weighted by Gasteiger charge is 2.29. The first-order valence-corrected chi connectivity index (χ1v) is 8.08. The smallest absolute Gasteiger partial charge is 0.446 e. The molecule has 0 amide bonds. The van der Waals surface area contributed by atoms with E-state index in [2.05, 4.69) is 9.80 Å². The lowest BCUT2D eigenvalue weighted by Gasteiger charge is -2.38. The van der Waals surface area contributed by atoms with Crippen LogP contribution in [0.1, 0.15) is 13.8 Å². The molecule has 2 rings (SSSR count). The zero-order valence-electron chi connectivity index (χ0n) is 13.0. The number of carbonyl (C=O) groups is 1. The highest BCUT2D eigenvalue weighted by atomic mass is 32.2. The van der Waals surface area contributed by atoms with Crippen LogP contribution in [-0.2, 0) is 9.53 Å². The van der Waals surface area contributed by atoms with Gasteiger partial charge in [-0.1, -0.05) is 0 Å². The Bertz CT molecular complexity index is 529. The third kappa shape index (κ3) is 5.62. The number of thioether (sulfide) groups is 1. The number of rotatable bonds is 4. The number of hydrogen-bond donors (Lipinski definition) is 0. The van der Waals surface area contributed by atoms with Crippen molar-refractivity contribution in [2.24, 2.45) is 0 Å². The fourth-order valence-electron chi connectivity index (χ4n) is 2.52. The zero-order valence-corrected chi connectivity index (χ0v) is 13.8. The van der Waals surface area contributed by atoms with Crippen LogP contribution in [0, 0.1) is 0 Å². The van der Waals surface area contributed by atoms with E-state index in [-0.39, 0.29) is 28.9 Å². The van der Waals surface area contributed by atoms with Crippen LogP contribution in [0.5, 0.6) is 0 Å². The maximum absolute atomic E-state index is 12.3. The van der Waals surface area contributed by atoms with E-state index in [1.54, 1.807) is 12.1 Å². The summed E-state index contributed by atoms with van der Waals surface area (Å²) in [7, 11) is 0. The van der Waals surface area contributed by atoms with Gasteiger partial charge in [0.2, 0.25) is 0 Å². The third-order valence-corrected chi connectivity index (χ3v) is 4.34. The van der Waals surface area contributed by atoms with Crippen molar-refractivity contribution < 1.29 is 22.7 Å². The Kier molecular flexibility index (Phi) is 5.80. The maximum atomic E-state index is 12.3. The first-order valence-electron chi connectivity index (χ1n) is 7.26. The minimum atomic E-state index is -4.26. The van der Waals surface area contributed by atoms with Crippen LogP contribution in [0.3, 0.4) is 0 Å². The summed E-state index contributed by atoms with van der Waals surface area (Å²) >= 11 is -0.109. The lowest BCUT2D eigenvalue weighted by atomic mass is 10.2. The van der Waals surface area contributed by atoms with Crippen molar-refractivity contribution in [3.8, 4) is 0 Å². The van der Waals surface area contributed by atoms with E-state index in [1.807, 2.05) is 6.92 Å². The molecular formula is C15H19F3N2O2S. The molecule has 1 saturated heterocycles.